The van der Waals surface area contributed by atoms with Crippen LogP contribution in [0.5, 0.6) is 0 Å². The Bertz CT molecular complexity index is 424. The van der Waals surface area contributed by atoms with Crippen molar-refractivity contribution in [2.45, 2.75) is 51.5 Å². The molecular formula is C15H21ClFN. The first-order chi connectivity index (χ1) is 8.36. The van der Waals surface area contributed by atoms with Crippen LogP contribution in [0.25, 0.3) is 0 Å². The Labute approximate surface area is 114 Å². The van der Waals surface area contributed by atoms with Gasteiger partial charge in [-0.25, -0.2) is 4.39 Å². The van der Waals surface area contributed by atoms with Gasteiger partial charge in [-0.2, -0.15) is 0 Å². The van der Waals surface area contributed by atoms with Gasteiger partial charge in [0.15, 0.2) is 0 Å². The standard InChI is InChI=1S/C15H21ClFN/c1-14(2)8-3-4-9-15(14,18)10-11-12(16)6-5-7-13(11)17/h5-7H,3-4,8-10,18H2,1-2H3. The van der Waals surface area contributed by atoms with E-state index in [1.54, 1.807) is 12.1 Å². The quantitative estimate of drug-likeness (QED) is 0.850. The third-order valence-electron chi connectivity index (χ3n) is 4.58. The molecule has 1 saturated carbocycles. The zero-order valence-electron chi connectivity index (χ0n) is 11.1. The number of hydrogen-bond donors (Lipinski definition) is 1. The van der Waals surface area contributed by atoms with Crippen LogP contribution in [0, 0.1) is 11.2 Å². The molecule has 0 radical (unpaired) electrons. The van der Waals surface area contributed by atoms with Crippen LogP contribution < -0.4 is 5.73 Å². The number of hydrogen-bond acceptors (Lipinski definition) is 1. The molecular weight excluding hydrogens is 249 g/mol. The summed E-state index contributed by atoms with van der Waals surface area (Å²) >= 11 is 6.11. The van der Waals surface area contributed by atoms with Gasteiger partial charge in [0.05, 0.1) is 0 Å². The lowest BCUT2D eigenvalue weighted by molar-refractivity contribution is 0.0982. The van der Waals surface area contributed by atoms with Crippen LogP contribution in [-0.4, -0.2) is 5.54 Å². The minimum Gasteiger partial charge on any atom is -0.324 e. The highest BCUT2D eigenvalue weighted by Gasteiger charge is 2.43. The second kappa shape index (κ2) is 4.82. The van der Waals surface area contributed by atoms with Crippen molar-refractivity contribution in [3.63, 3.8) is 0 Å². The summed E-state index contributed by atoms with van der Waals surface area (Å²) in [6.45, 7) is 4.36. The summed E-state index contributed by atoms with van der Waals surface area (Å²) in [7, 11) is 0. The molecule has 2 N–H and O–H groups in total. The molecule has 1 unspecified atom stereocenters. The second-order valence-corrected chi connectivity index (χ2v) is 6.53. The summed E-state index contributed by atoms with van der Waals surface area (Å²) in [5, 5.41) is 0.487. The fraction of sp³-hybridized carbons (Fsp3) is 0.600. The summed E-state index contributed by atoms with van der Waals surface area (Å²) < 4.78 is 13.9. The van der Waals surface area contributed by atoms with Crippen molar-refractivity contribution in [2.75, 3.05) is 0 Å². The van der Waals surface area contributed by atoms with Crippen LogP contribution in [0.15, 0.2) is 18.2 Å². The molecule has 0 spiro atoms. The van der Waals surface area contributed by atoms with Crippen molar-refractivity contribution in [1.29, 1.82) is 0 Å². The minimum absolute atomic E-state index is 0.0247. The normalized spacial score (nSPS) is 27.2. The second-order valence-electron chi connectivity index (χ2n) is 6.12. The maximum Gasteiger partial charge on any atom is 0.127 e. The molecule has 3 heteroatoms. The van der Waals surface area contributed by atoms with E-state index in [4.69, 9.17) is 17.3 Å². The van der Waals surface area contributed by atoms with E-state index in [-0.39, 0.29) is 16.8 Å². The van der Waals surface area contributed by atoms with E-state index in [1.165, 1.54) is 12.5 Å². The largest absolute Gasteiger partial charge is 0.324 e. The summed E-state index contributed by atoms with van der Waals surface area (Å²) in [6, 6.07) is 4.83. The summed E-state index contributed by atoms with van der Waals surface area (Å²) in [4.78, 5) is 0. The van der Waals surface area contributed by atoms with Crippen molar-refractivity contribution in [3.05, 3.63) is 34.6 Å². The molecule has 1 fully saturated rings. The van der Waals surface area contributed by atoms with Crippen molar-refractivity contribution in [3.8, 4) is 0 Å². The van der Waals surface area contributed by atoms with E-state index < -0.39 is 0 Å². The van der Waals surface area contributed by atoms with Crippen LogP contribution in [0.4, 0.5) is 4.39 Å². The molecule has 1 atom stereocenters. The van der Waals surface area contributed by atoms with Crippen LogP contribution in [0.3, 0.4) is 0 Å². The lowest BCUT2D eigenvalue weighted by atomic mass is 9.61. The first-order valence-corrected chi connectivity index (χ1v) is 6.95. The average molecular weight is 270 g/mol. The lowest BCUT2D eigenvalue weighted by Gasteiger charge is -2.48. The molecule has 1 aliphatic carbocycles. The highest BCUT2D eigenvalue weighted by molar-refractivity contribution is 6.31. The Morgan fingerprint density at radius 3 is 2.56 bits per heavy atom. The molecule has 1 nitrogen and oxygen atoms in total. The van der Waals surface area contributed by atoms with Gasteiger partial charge in [0.2, 0.25) is 0 Å². The van der Waals surface area contributed by atoms with E-state index >= 15 is 0 Å². The number of nitrogens with two attached hydrogens (primary N) is 1. The van der Waals surface area contributed by atoms with E-state index in [0.717, 1.165) is 19.3 Å². The number of rotatable bonds is 2. The van der Waals surface area contributed by atoms with Gasteiger partial charge >= 0.3 is 0 Å². The zero-order chi connectivity index (χ0) is 13.4. The van der Waals surface area contributed by atoms with E-state index in [9.17, 15) is 4.39 Å². The van der Waals surface area contributed by atoms with Gasteiger partial charge in [-0.15, -0.1) is 0 Å². The molecule has 0 bridgehead atoms. The molecule has 0 amide bonds. The molecule has 18 heavy (non-hydrogen) atoms. The molecule has 0 saturated heterocycles. The van der Waals surface area contributed by atoms with Gasteiger partial charge in [-0.3, -0.25) is 0 Å². The molecule has 1 aliphatic rings. The first kappa shape index (κ1) is 13.8. The number of benzene rings is 1. The summed E-state index contributed by atoms with van der Waals surface area (Å²) in [5.41, 5.74) is 6.81. The first-order valence-electron chi connectivity index (χ1n) is 6.57. The van der Waals surface area contributed by atoms with Gasteiger partial charge in [-0.05, 0) is 36.8 Å². The topological polar surface area (TPSA) is 26.0 Å². The maximum absolute atomic E-state index is 13.9. The Kier molecular flexibility index (Phi) is 3.70. The van der Waals surface area contributed by atoms with Crippen LogP contribution in [0.2, 0.25) is 5.02 Å². The Morgan fingerprint density at radius 2 is 1.94 bits per heavy atom. The molecule has 0 aromatic heterocycles. The summed E-state index contributed by atoms with van der Waals surface area (Å²) in [6.07, 6.45) is 4.87. The maximum atomic E-state index is 13.9. The minimum atomic E-state index is -0.364. The molecule has 0 heterocycles. The van der Waals surface area contributed by atoms with Crippen molar-refractivity contribution < 1.29 is 4.39 Å². The zero-order valence-corrected chi connectivity index (χ0v) is 11.9. The third kappa shape index (κ3) is 2.41. The molecule has 100 valence electrons. The van der Waals surface area contributed by atoms with Gasteiger partial charge in [0.1, 0.15) is 5.82 Å². The van der Waals surface area contributed by atoms with Gasteiger partial charge < -0.3 is 5.73 Å². The number of halogens is 2. The van der Waals surface area contributed by atoms with E-state index in [2.05, 4.69) is 13.8 Å². The fourth-order valence-corrected chi connectivity index (χ4v) is 3.17. The van der Waals surface area contributed by atoms with Crippen LogP contribution in [0.1, 0.15) is 45.1 Å². The molecule has 2 rings (SSSR count). The third-order valence-corrected chi connectivity index (χ3v) is 4.93. The van der Waals surface area contributed by atoms with Crippen LogP contribution >= 0.6 is 11.6 Å². The van der Waals surface area contributed by atoms with Crippen LogP contribution in [-0.2, 0) is 6.42 Å². The molecule has 1 aromatic rings. The smallest absolute Gasteiger partial charge is 0.127 e. The van der Waals surface area contributed by atoms with Gasteiger partial charge in [0.25, 0.3) is 0 Å². The van der Waals surface area contributed by atoms with Gasteiger partial charge in [-0.1, -0.05) is 44.4 Å². The van der Waals surface area contributed by atoms with Gasteiger partial charge in [0, 0.05) is 16.1 Å². The highest BCUT2D eigenvalue weighted by atomic mass is 35.5. The van der Waals surface area contributed by atoms with Crippen molar-refractivity contribution in [1.82, 2.24) is 0 Å². The monoisotopic (exact) mass is 269 g/mol. The molecule has 0 aliphatic heterocycles. The highest BCUT2D eigenvalue weighted by Crippen LogP contribution is 2.44. The Hall–Kier alpha value is -0.600. The Balaban J connectivity index is 2.32. The fourth-order valence-electron chi connectivity index (χ4n) is 2.94. The summed E-state index contributed by atoms with van der Waals surface area (Å²) in [5.74, 6) is -0.242. The Morgan fingerprint density at radius 1 is 1.28 bits per heavy atom. The van der Waals surface area contributed by atoms with Crippen molar-refractivity contribution >= 4 is 11.6 Å². The molecule has 1 aromatic carbocycles. The lowest BCUT2D eigenvalue weighted by Crippen LogP contribution is -2.56. The van der Waals surface area contributed by atoms with E-state index in [0.29, 0.717) is 17.0 Å². The predicted octanol–water partition coefficient (Wildman–Crippen LogP) is 4.32. The van der Waals surface area contributed by atoms with Crippen molar-refractivity contribution in [2.24, 2.45) is 11.1 Å². The average Bonchev–Trinajstić information content (AvgIpc) is 2.28. The predicted molar refractivity (Wildman–Crippen MR) is 74.3 cm³/mol. The van der Waals surface area contributed by atoms with E-state index in [1.807, 2.05) is 0 Å². The SMILES string of the molecule is CC1(C)CCCCC1(N)Cc1c(F)cccc1Cl.